The third-order valence-electron chi connectivity index (χ3n) is 5.59. The van der Waals surface area contributed by atoms with E-state index < -0.39 is 19.3 Å². The molecule has 0 unspecified atom stereocenters. The number of nitrogens with zero attached hydrogens (tertiary/aromatic N) is 2. The van der Waals surface area contributed by atoms with Crippen LogP contribution in [-0.2, 0) is 20.6 Å². The van der Waals surface area contributed by atoms with Crippen LogP contribution in [0.2, 0.25) is 0 Å². The van der Waals surface area contributed by atoms with Crippen molar-refractivity contribution >= 4 is 47.6 Å². The van der Waals surface area contributed by atoms with Crippen molar-refractivity contribution in [3.63, 3.8) is 0 Å². The molecule has 0 aliphatic carbocycles. The van der Waals surface area contributed by atoms with E-state index in [0.29, 0.717) is 22.7 Å². The molecule has 1 amide bonds. The van der Waals surface area contributed by atoms with Crippen LogP contribution >= 0.6 is 19.7 Å². The number of amides is 1. The standard InChI is InChI=1S/C25H24N3O5PS/c1-32-20-14-12-19(13-15-20)26-25(35)34(31)27(17-23(29)33-2)22-11-7-6-10-21(22)24(30)28(34)16-18-8-4-3-5-9-18/h3-15H,16-17H2,1-2H3,(H,26,35)/t34-/m1/s1. The van der Waals surface area contributed by atoms with Gasteiger partial charge in [-0.3, -0.25) is 23.5 Å². The fraction of sp³-hybridized carbons (Fsp3) is 0.160. The van der Waals surface area contributed by atoms with Crippen LogP contribution in [0.5, 0.6) is 5.75 Å². The van der Waals surface area contributed by atoms with E-state index >= 15 is 0 Å². The first-order chi connectivity index (χ1) is 16.9. The zero-order valence-electron chi connectivity index (χ0n) is 19.2. The molecule has 3 aromatic carbocycles. The third-order valence-corrected chi connectivity index (χ3v) is 9.03. The molecule has 0 aromatic heterocycles. The van der Waals surface area contributed by atoms with E-state index in [1.165, 1.54) is 16.5 Å². The number of benzene rings is 3. The molecule has 0 spiro atoms. The zero-order valence-corrected chi connectivity index (χ0v) is 20.9. The predicted octanol–water partition coefficient (Wildman–Crippen LogP) is 4.92. The van der Waals surface area contributed by atoms with Crippen molar-refractivity contribution in [2.75, 3.05) is 30.8 Å². The number of carbonyl (C=O) groups excluding carboxylic acids is 2. The molecule has 8 nitrogen and oxygen atoms in total. The fourth-order valence-corrected chi connectivity index (χ4v) is 6.97. The third kappa shape index (κ3) is 4.78. The minimum Gasteiger partial charge on any atom is -0.497 e. The van der Waals surface area contributed by atoms with Gasteiger partial charge in [0.15, 0.2) is 4.73 Å². The maximum Gasteiger partial charge on any atom is 0.325 e. The van der Waals surface area contributed by atoms with Gasteiger partial charge in [-0.2, -0.15) is 0 Å². The molecule has 35 heavy (non-hydrogen) atoms. The zero-order chi connectivity index (χ0) is 25.0. The van der Waals surface area contributed by atoms with Crippen molar-refractivity contribution in [2.45, 2.75) is 6.54 Å². The molecule has 180 valence electrons. The Morgan fingerprint density at radius 2 is 1.60 bits per heavy atom. The number of ether oxygens (including phenoxy) is 2. The molecule has 0 saturated heterocycles. The van der Waals surface area contributed by atoms with Gasteiger partial charge in [-0.25, -0.2) is 0 Å². The molecule has 1 heterocycles. The normalized spacial score (nSPS) is 16.9. The number of para-hydroxylation sites is 1. The lowest BCUT2D eigenvalue weighted by Gasteiger charge is -2.44. The summed E-state index contributed by atoms with van der Waals surface area (Å²) in [6, 6.07) is 22.8. The molecule has 1 aliphatic rings. The van der Waals surface area contributed by atoms with Crippen molar-refractivity contribution < 1.29 is 23.6 Å². The Labute approximate surface area is 208 Å². The summed E-state index contributed by atoms with van der Waals surface area (Å²) in [7, 11) is -1.21. The topological polar surface area (TPSA) is 88.2 Å². The molecular formula is C25H24N3O5PS. The summed E-state index contributed by atoms with van der Waals surface area (Å²) >= 11 is 5.68. The lowest BCUT2D eigenvalue weighted by molar-refractivity contribution is -0.138. The van der Waals surface area contributed by atoms with E-state index in [1.807, 2.05) is 30.3 Å². The van der Waals surface area contributed by atoms with Gasteiger partial charge in [-0.15, -0.1) is 0 Å². The number of rotatable bonds is 7. The Hall–Kier alpha value is -3.68. The molecule has 4 rings (SSSR count). The second kappa shape index (κ2) is 10.3. The number of nitrogens with one attached hydrogen (secondary N) is 1. The van der Waals surface area contributed by atoms with Gasteiger partial charge in [0, 0.05) is 5.69 Å². The number of anilines is 2. The summed E-state index contributed by atoms with van der Waals surface area (Å²) in [4.78, 5) is 26.1. The second-order valence-electron chi connectivity index (χ2n) is 7.70. The average molecular weight is 510 g/mol. The lowest BCUT2D eigenvalue weighted by atomic mass is 10.1. The van der Waals surface area contributed by atoms with Crippen molar-refractivity contribution in [1.29, 1.82) is 0 Å². The largest absolute Gasteiger partial charge is 0.497 e. The Balaban J connectivity index is 1.83. The van der Waals surface area contributed by atoms with E-state index in [4.69, 9.17) is 21.7 Å². The number of fused-ring (bicyclic) bond motifs is 1. The van der Waals surface area contributed by atoms with Crippen LogP contribution in [0.15, 0.2) is 78.9 Å². The summed E-state index contributed by atoms with van der Waals surface area (Å²) in [5.41, 5.74) is 2.02. The smallest absolute Gasteiger partial charge is 0.325 e. The Bertz CT molecular complexity index is 1300. The van der Waals surface area contributed by atoms with Gasteiger partial charge in [0.05, 0.1) is 32.0 Å². The van der Waals surface area contributed by atoms with Gasteiger partial charge in [0.1, 0.15) is 12.3 Å². The fourth-order valence-electron chi connectivity index (χ4n) is 3.80. The predicted molar refractivity (Wildman–Crippen MR) is 139 cm³/mol. The van der Waals surface area contributed by atoms with Gasteiger partial charge >= 0.3 is 13.4 Å². The number of hydrogen-bond donors (Lipinski definition) is 1. The molecule has 3 aromatic rings. The number of carbonyl (C=O) groups is 2. The van der Waals surface area contributed by atoms with E-state index in [1.54, 1.807) is 55.6 Å². The van der Waals surface area contributed by atoms with E-state index in [-0.39, 0.29) is 17.8 Å². The van der Waals surface area contributed by atoms with Gasteiger partial charge in [0.2, 0.25) is 0 Å². The molecule has 0 radical (unpaired) electrons. The van der Waals surface area contributed by atoms with Crippen LogP contribution in [0, 0.1) is 0 Å². The Morgan fingerprint density at radius 3 is 2.26 bits per heavy atom. The molecular weight excluding hydrogens is 485 g/mol. The summed E-state index contributed by atoms with van der Waals surface area (Å²) in [6.45, 7) is -0.318. The van der Waals surface area contributed by atoms with Crippen molar-refractivity contribution in [2.24, 2.45) is 0 Å². The van der Waals surface area contributed by atoms with Crippen LogP contribution in [0.1, 0.15) is 15.9 Å². The first-order valence-electron chi connectivity index (χ1n) is 10.7. The lowest BCUT2D eigenvalue weighted by Crippen LogP contribution is -2.46. The summed E-state index contributed by atoms with van der Waals surface area (Å²) < 4.78 is 27.6. The highest BCUT2D eigenvalue weighted by Gasteiger charge is 2.50. The average Bonchev–Trinajstić information content (AvgIpc) is 2.89. The van der Waals surface area contributed by atoms with E-state index in [9.17, 15) is 14.2 Å². The number of hydrogen-bond acceptors (Lipinski definition) is 6. The minimum atomic E-state index is -4.02. The number of thiocarbonyl (C=S) groups is 1. The molecule has 1 aliphatic heterocycles. The monoisotopic (exact) mass is 509 g/mol. The quantitative estimate of drug-likeness (QED) is 0.273. The van der Waals surface area contributed by atoms with Crippen molar-refractivity contribution in [3.8, 4) is 5.75 Å². The molecule has 10 heteroatoms. The Kier molecular flexibility index (Phi) is 7.19. The van der Waals surface area contributed by atoms with Crippen LogP contribution in [0.3, 0.4) is 0 Å². The van der Waals surface area contributed by atoms with Crippen LogP contribution in [0.4, 0.5) is 11.4 Å². The van der Waals surface area contributed by atoms with Gasteiger partial charge < -0.3 is 14.8 Å². The summed E-state index contributed by atoms with van der Waals surface area (Å²) in [5, 5.41) is 3.02. The number of methoxy groups -OCH3 is 2. The molecule has 1 atom stereocenters. The molecule has 0 fully saturated rings. The van der Waals surface area contributed by atoms with E-state index in [0.717, 1.165) is 5.56 Å². The first kappa shape index (κ1) is 24.4. The highest BCUT2D eigenvalue weighted by Crippen LogP contribution is 2.61. The van der Waals surface area contributed by atoms with Crippen molar-refractivity contribution in [1.82, 2.24) is 4.67 Å². The van der Waals surface area contributed by atoms with Crippen LogP contribution in [-0.4, -0.2) is 42.0 Å². The van der Waals surface area contributed by atoms with E-state index in [2.05, 4.69) is 5.32 Å². The number of esters is 1. The van der Waals surface area contributed by atoms with Crippen LogP contribution < -0.4 is 14.7 Å². The maximum absolute atomic E-state index is 14.9. The highest BCUT2D eigenvalue weighted by atomic mass is 32.1. The first-order valence-corrected chi connectivity index (χ1v) is 12.8. The van der Waals surface area contributed by atoms with Crippen molar-refractivity contribution in [3.05, 3.63) is 90.0 Å². The maximum atomic E-state index is 14.9. The Morgan fingerprint density at radius 1 is 0.943 bits per heavy atom. The second-order valence-corrected chi connectivity index (χ2v) is 10.9. The van der Waals surface area contributed by atoms with Gasteiger partial charge in [-0.05, 0) is 42.0 Å². The van der Waals surface area contributed by atoms with Gasteiger partial charge in [0.25, 0.3) is 5.91 Å². The van der Waals surface area contributed by atoms with Gasteiger partial charge in [-0.1, -0.05) is 54.7 Å². The summed E-state index contributed by atoms with van der Waals surface area (Å²) in [5.74, 6) is -0.401. The minimum absolute atomic E-state index is 0.0351. The molecule has 0 bridgehead atoms. The molecule has 1 N–H and O–H groups in total. The SMILES string of the molecule is COC(=O)CN1c2ccccc2C(=O)N(Cc2ccccc2)[P@@]1(=O)C(=S)Nc1ccc(OC)cc1. The molecule has 0 saturated carbocycles. The summed E-state index contributed by atoms with van der Waals surface area (Å²) in [6.07, 6.45) is 0. The van der Waals surface area contributed by atoms with Crippen LogP contribution in [0.25, 0.3) is 0 Å². The highest BCUT2D eigenvalue weighted by molar-refractivity contribution is 8.01.